The predicted molar refractivity (Wildman–Crippen MR) is 79.7 cm³/mol. The third-order valence-electron chi connectivity index (χ3n) is 3.05. The second-order valence-electron chi connectivity index (χ2n) is 4.54. The van der Waals surface area contributed by atoms with Crippen molar-refractivity contribution in [3.63, 3.8) is 0 Å². The summed E-state index contributed by atoms with van der Waals surface area (Å²) < 4.78 is 5.12. The van der Waals surface area contributed by atoms with E-state index >= 15 is 0 Å². The van der Waals surface area contributed by atoms with Crippen LogP contribution < -0.4 is 9.64 Å². The average molecular weight is 254 g/mol. The van der Waals surface area contributed by atoms with Gasteiger partial charge in [0.25, 0.3) is 0 Å². The molecule has 0 saturated carbocycles. The van der Waals surface area contributed by atoms with Crippen LogP contribution in [-0.2, 0) is 0 Å². The first kappa shape index (κ1) is 13.1. The van der Waals surface area contributed by atoms with Crippen molar-refractivity contribution in [3.05, 3.63) is 59.7 Å². The minimum absolute atomic E-state index is 0.521. The summed E-state index contributed by atoms with van der Waals surface area (Å²) in [6, 6.07) is 15.5. The van der Waals surface area contributed by atoms with Crippen LogP contribution in [0.5, 0.6) is 5.75 Å². The Balaban J connectivity index is 2.22. The zero-order valence-electron chi connectivity index (χ0n) is 11.5. The molecule has 19 heavy (non-hydrogen) atoms. The molecule has 3 nitrogen and oxygen atoms in total. The van der Waals surface area contributed by atoms with E-state index in [2.05, 4.69) is 0 Å². The Hall–Kier alpha value is -2.29. The van der Waals surface area contributed by atoms with Gasteiger partial charge in [0, 0.05) is 30.9 Å². The molecule has 0 amide bonds. The van der Waals surface area contributed by atoms with E-state index in [1.165, 1.54) is 0 Å². The topological polar surface area (TPSA) is 36.3 Å². The van der Waals surface area contributed by atoms with Crippen molar-refractivity contribution >= 4 is 11.4 Å². The fraction of sp³-hybridized carbons (Fsp3) is 0.188. The van der Waals surface area contributed by atoms with Gasteiger partial charge in [-0.1, -0.05) is 12.1 Å². The molecule has 2 aromatic rings. The number of rotatable bonds is 4. The van der Waals surface area contributed by atoms with Crippen LogP contribution in [0.3, 0.4) is 0 Å². The van der Waals surface area contributed by atoms with Gasteiger partial charge >= 0.3 is 0 Å². The predicted octanol–water partition coefficient (Wildman–Crippen LogP) is 3.18. The number of nitrogens with zero attached hydrogens (tertiary/aromatic N) is 1. The zero-order chi connectivity index (χ0) is 13.8. The van der Waals surface area contributed by atoms with Crippen LogP contribution >= 0.6 is 0 Å². The van der Waals surface area contributed by atoms with Crippen LogP contribution in [0.1, 0.15) is 11.1 Å². The number of benzene rings is 2. The minimum Gasteiger partial charge on any atom is -0.497 e. The molecule has 0 aliphatic heterocycles. The summed E-state index contributed by atoms with van der Waals surface area (Å²) in [6.07, 6.45) is 0. The van der Waals surface area contributed by atoms with Crippen molar-refractivity contribution in [1.82, 2.24) is 0 Å². The zero-order valence-corrected chi connectivity index (χ0v) is 11.5. The lowest BCUT2D eigenvalue weighted by atomic mass is 10.0. The summed E-state index contributed by atoms with van der Waals surface area (Å²) in [4.78, 5) is 2.04. The SMILES string of the molecule is COc1ccc(C(=N)c2ccc(N(C)C)cc2)cc1. The summed E-state index contributed by atoms with van der Waals surface area (Å²) in [5.41, 5.74) is 3.45. The van der Waals surface area contributed by atoms with Crippen molar-refractivity contribution in [2.75, 3.05) is 26.1 Å². The minimum atomic E-state index is 0.521. The summed E-state index contributed by atoms with van der Waals surface area (Å²) in [7, 11) is 5.65. The van der Waals surface area contributed by atoms with E-state index in [1.807, 2.05) is 67.5 Å². The molecular weight excluding hydrogens is 236 g/mol. The van der Waals surface area contributed by atoms with Crippen molar-refractivity contribution in [1.29, 1.82) is 5.41 Å². The third-order valence-corrected chi connectivity index (χ3v) is 3.05. The van der Waals surface area contributed by atoms with Crippen LogP contribution in [0.15, 0.2) is 48.5 Å². The van der Waals surface area contributed by atoms with Crippen molar-refractivity contribution in [3.8, 4) is 5.75 Å². The van der Waals surface area contributed by atoms with Crippen molar-refractivity contribution < 1.29 is 4.74 Å². The molecule has 0 atom stereocenters. The van der Waals surface area contributed by atoms with Crippen LogP contribution in [0.2, 0.25) is 0 Å². The van der Waals surface area contributed by atoms with Gasteiger partial charge in [-0.25, -0.2) is 0 Å². The second-order valence-corrected chi connectivity index (χ2v) is 4.54. The van der Waals surface area contributed by atoms with Gasteiger partial charge in [-0.05, 0) is 36.4 Å². The van der Waals surface area contributed by atoms with E-state index in [0.29, 0.717) is 5.71 Å². The number of hydrogen-bond acceptors (Lipinski definition) is 3. The first-order valence-corrected chi connectivity index (χ1v) is 6.12. The molecule has 0 unspecified atom stereocenters. The molecule has 3 heteroatoms. The molecule has 0 radical (unpaired) electrons. The maximum Gasteiger partial charge on any atom is 0.118 e. The Morgan fingerprint density at radius 2 is 1.37 bits per heavy atom. The molecular formula is C16H18N2O. The molecule has 98 valence electrons. The summed E-state index contributed by atoms with van der Waals surface area (Å²) in [5.74, 6) is 0.805. The normalized spacial score (nSPS) is 10.1. The first-order chi connectivity index (χ1) is 9.11. The number of ether oxygens (including phenoxy) is 1. The van der Waals surface area contributed by atoms with Crippen molar-refractivity contribution in [2.45, 2.75) is 0 Å². The Morgan fingerprint density at radius 1 is 0.895 bits per heavy atom. The first-order valence-electron chi connectivity index (χ1n) is 6.12. The Morgan fingerprint density at radius 3 is 1.79 bits per heavy atom. The monoisotopic (exact) mass is 254 g/mol. The van der Waals surface area contributed by atoms with Gasteiger partial charge in [0.05, 0.1) is 12.8 Å². The number of methoxy groups -OCH3 is 1. The van der Waals surface area contributed by atoms with E-state index < -0.39 is 0 Å². The largest absolute Gasteiger partial charge is 0.497 e. The fourth-order valence-electron chi connectivity index (χ4n) is 1.85. The van der Waals surface area contributed by atoms with Gasteiger partial charge in [0.15, 0.2) is 0 Å². The Kier molecular flexibility index (Phi) is 3.85. The van der Waals surface area contributed by atoms with E-state index in [0.717, 1.165) is 22.6 Å². The molecule has 0 aliphatic rings. The summed E-state index contributed by atoms with van der Waals surface area (Å²) >= 11 is 0. The highest BCUT2D eigenvalue weighted by Crippen LogP contribution is 2.17. The van der Waals surface area contributed by atoms with Gasteiger partial charge in [-0.2, -0.15) is 0 Å². The lowest BCUT2D eigenvalue weighted by molar-refractivity contribution is 0.415. The maximum atomic E-state index is 8.22. The second kappa shape index (κ2) is 5.57. The Bertz CT molecular complexity index is 556. The fourth-order valence-corrected chi connectivity index (χ4v) is 1.85. The summed E-state index contributed by atoms with van der Waals surface area (Å²) in [6.45, 7) is 0. The highest BCUT2D eigenvalue weighted by atomic mass is 16.5. The molecule has 2 aromatic carbocycles. The van der Waals surface area contributed by atoms with Crippen molar-refractivity contribution in [2.24, 2.45) is 0 Å². The Labute approximate surface area is 114 Å². The van der Waals surface area contributed by atoms with Crippen LogP contribution in [0.25, 0.3) is 0 Å². The van der Waals surface area contributed by atoms with Gasteiger partial charge in [-0.15, -0.1) is 0 Å². The van der Waals surface area contributed by atoms with Crippen LogP contribution in [0, 0.1) is 5.41 Å². The lowest BCUT2D eigenvalue weighted by Crippen LogP contribution is -2.09. The van der Waals surface area contributed by atoms with E-state index in [4.69, 9.17) is 10.1 Å². The van der Waals surface area contributed by atoms with Gasteiger partial charge in [0.2, 0.25) is 0 Å². The summed E-state index contributed by atoms with van der Waals surface area (Å²) in [5, 5.41) is 8.22. The molecule has 2 rings (SSSR count). The molecule has 0 bridgehead atoms. The standard InChI is InChI=1S/C16H18N2O/c1-18(2)14-8-4-12(5-9-14)16(17)13-6-10-15(19-3)11-7-13/h4-11,17H,1-3H3. The number of anilines is 1. The molecule has 0 spiro atoms. The highest BCUT2D eigenvalue weighted by molar-refractivity contribution is 6.11. The van der Waals surface area contributed by atoms with Gasteiger partial charge < -0.3 is 9.64 Å². The average Bonchev–Trinajstić information content (AvgIpc) is 2.46. The molecule has 1 N–H and O–H groups in total. The molecule has 0 saturated heterocycles. The third kappa shape index (κ3) is 2.94. The maximum absolute atomic E-state index is 8.22. The van der Waals surface area contributed by atoms with Gasteiger partial charge in [-0.3, -0.25) is 5.41 Å². The quantitative estimate of drug-likeness (QED) is 0.851. The van der Waals surface area contributed by atoms with Gasteiger partial charge in [0.1, 0.15) is 5.75 Å². The van der Waals surface area contributed by atoms with Crippen LogP contribution in [0.4, 0.5) is 5.69 Å². The molecule has 0 aromatic heterocycles. The van der Waals surface area contributed by atoms with Crippen LogP contribution in [-0.4, -0.2) is 26.9 Å². The lowest BCUT2D eigenvalue weighted by Gasteiger charge is -2.13. The van der Waals surface area contributed by atoms with E-state index in [9.17, 15) is 0 Å². The molecule has 0 aliphatic carbocycles. The molecule has 0 fully saturated rings. The smallest absolute Gasteiger partial charge is 0.118 e. The highest BCUT2D eigenvalue weighted by Gasteiger charge is 2.05. The van der Waals surface area contributed by atoms with E-state index in [-0.39, 0.29) is 0 Å². The molecule has 0 heterocycles. The number of nitrogens with one attached hydrogen (secondary N) is 1. The van der Waals surface area contributed by atoms with E-state index in [1.54, 1.807) is 7.11 Å². The number of hydrogen-bond donors (Lipinski definition) is 1.